The fraction of sp³-hybridized carbons (Fsp3) is 0.312. The standard InChI is InChI=1S/C16H20N4O3/c1-19(16(23)17-9-5-8-15(21)22)11-13-10-18-20(12-13)14-6-3-2-4-7-14/h2-4,6-7,10,12H,5,8-9,11H2,1H3,(H,17,23)(H,21,22). The fourth-order valence-electron chi connectivity index (χ4n) is 2.08. The first-order valence-electron chi connectivity index (χ1n) is 7.36. The van der Waals surface area contributed by atoms with Crippen LogP contribution in [0, 0.1) is 0 Å². The van der Waals surface area contributed by atoms with Gasteiger partial charge in [0.2, 0.25) is 0 Å². The second kappa shape index (κ2) is 7.98. The van der Waals surface area contributed by atoms with Gasteiger partial charge in [-0.3, -0.25) is 4.79 Å². The van der Waals surface area contributed by atoms with Crippen molar-refractivity contribution in [2.75, 3.05) is 13.6 Å². The summed E-state index contributed by atoms with van der Waals surface area (Å²) >= 11 is 0. The maximum absolute atomic E-state index is 11.9. The van der Waals surface area contributed by atoms with Gasteiger partial charge in [0.1, 0.15) is 0 Å². The second-order valence-electron chi connectivity index (χ2n) is 5.21. The average molecular weight is 316 g/mol. The SMILES string of the molecule is CN(Cc1cnn(-c2ccccc2)c1)C(=O)NCCCC(=O)O. The van der Waals surface area contributed by atoms with E-state index in [9.17, 15) is 9.59 Å². The summed E-state index contributed by atoms with van der Waals surface area (Å²) < 4.78 is 1.76. The summed E-state index contributed by atoms with van der Waals surface area (Å²) in [4.78, 5) is 23.8. The topological polar surface area (TPSA) is 87.5 Å². The molecule has 7 heteroatoms. The largest absolute Gasteiger partial charge is 0.481 e. The highest BCUT2D eigenvalue weighted by molar-refractivity contribution is 5.74. The van der Waals surface area contributed by atoms with Gasteiger partial charge in [-0.2, -0.15) is 5.10 Å². The molecule has 2 amide bonds. The molecular weight excluding hydrogens is 296 g/mol. The summed E-state index contributed by atoms with van der Waals surface area (Å²) in [6, 6.07) is 9.49. The summed E-state index contributed by atoms with van der Waals surface area (Å²) in [5.41, 5.74) is 1.87. The van der Waals surface area contributed by atoms with Crippen LogP contribution in [0.15, 0.2) is 42.7 Å². The molecule has 1 aromatic carbocycles. The molecule has 0 fully saturated rings. The maximum atomic E-state index is 11.9. The third-order valence-electron chi connectivity index (χ3n) is 3.27. The van der Waals surface area contributed by atoms with E-state index in [-0.39, 0.29) is 12.5 Å². The van der Waals surface area contributed by atoms with Crippen LogP contribution >= 0.6 is 0 Å². The Morgan fingerprint density at radius 2 is 2.04 bits per heavy atom. The minimum absolute atomic E-state index is 0.0494. The highest BCUT2D eigenvalue weighted by Crippen LogP contribution is 2.09. The van der Waals surface area contributed by atoms with E-state index >= 15 is 0 Å². The second-order valence-corrected chi connectivity index (χ2v) is 5.21. The van der Waals surface area contributed by atoms with Gasteiger partial charge in [0.15, 0.2) is 0 Å². The van der Waals surface area contributed by atoms with E-state index in [2.05, 4.69) is 10.4 Å². The first kappa shape index (κ1) is 16.5. The van der Waals surface area contributed by atoms with Crippen molar-refractivity contribution < 1.29 is 14.7 Å². The quantitative estimate of drug-likeness (QED) is 0.764. The number of nitrogens with one attached hydrogen (secondary N) is 1. The van der Waals surface area contributed by atoms with Gasteiger partial charge in [0.25, 0.3) is 0 Å². The van der Waals surface area contributed by atoms with Gasteiger partial charge in [-0.1, -0.05) is 18.2 Å². The molecule has 0 aliphatic rings. The van der Waals surface area contributed by atoms with Crippen LogP contribution in [0.1, 0.15) is 18.4 Å². The molecule has 2 rings (SSSR count). The number of carboxylic acids is 1. The molecule has 7 nitrogen and oxygen atoms in total. The van der Waals surface area contributed by atoms with E-state index in [0.717, 1.165) is 11.3 Å². The Balaban J connectivity index is 1.83. The molecule has 122 valence electrons. The zero-order valence-corrected chi connectivity index (χ0v) is 13.0. The molecule has 2 N–H and O–H groups in total. The number of benzene rings is 1. The highest BCUT2D eigenvalue weighted by Gasteiger charge is 2.10. The van der Waals surface area contributed by atoms with E-state index in [1.54, 1.807) is 17.9 Å². The highest BCUT2D eigenvalue weighted by atomic mass is 16.4. The van der Waals surface area contributed by atoms with Crippen LogP contribution in [0.4, 0.5) is 4.79 Å². The van der Waals surface area contributed by atoms with Crippen LogP contribution < -0.4 is 5.32 Å². The Kier molecular flexibility index (Phi) is 5.74. The van der Waals surface area contributed by atoms with Crippen molar-refractivity contribution in [3.8, 4) is 5.69 Å². The van der Waals surface area contributed by atoms with Crippen LogP contribution in [0.5, 0.6) is 0 Å². The molecule has 2 aromatic rings. The van der Waals surface area contributed by atoms with Crippen molar-refractivity contribution in [3.05, 3.63) is 48.3 Å². The molecule has 0 atom stereocenters. The lowest BCUT2D eigenvalue weighted by Gasteiger charge is -2.16. The number of hydrogen-bond acceptors (Lipinski definition) is 3. The number of nitrogens with zero attached hydrogens (tertiary/aromatic N) is 3. The van der Waals surface area contributed by atoms with Crippen molar-refractivity contribution in [3.63, 3.8) is 0 Å². The molecule has 23 heavy (non-hydrogen) atoms. The van der Waals surface area contributed by atoms with E-state index < -0.39 is 5.97 Å². The van der Waals surface area contributed by atoms with Crippen molar-refractivity contribution in [1.29, 1.82) is 0 Å². The first-order valence-corrected chi connectivity index (χ1v) is 7.36. The van der Waals surface area contributed by atoms with Crippen molar-refractivity contribution >= 4 is 12.0 Å². The lowest BCUT2D eigenvalue weighted by Crippen LogP contribution is -2.37. The number of aromatic nitrogens is 2. The predicted octanol–water partition coefficient (Wildman–Crippen LogP) is 1.88. The smallest absolute Gasteiger partial charge is 0.317 e. The Labute approximate surface area is 134 Å². The molecule has 0 aliphatic heterocycles. The van der Waals surface area contributed by atoms with Gasteiger partial charge >= 0.3 is 12.0 Å². The fourth-order valence-corrected chi connectivity index (χ4v) is 2.08. The number of urea groups is 1. The number of carbonyl (C=O) groups is 2. The summed E-state index contributed by atoms with van der Waals surface area (Å²) in [6.45, 7) is 0.774. The van der Waals surface area contributed by atoms with E-state index in [4.69, 9.17) is 5.11 Å². The lowest BCUT2D eigenvalue weighted by atomic mass is 10.3. The van der Waals surface area contributed by atoms with E-state index in [0.29, 0.717) is 19.5 Å². The monoisotopic (exact) mass is 316 g/mol. The maximum Gasteiger partial charge on any atom is 0.317 e. The number of carbonyl (C=O) groups excluding carboxylic acids is 1. The molecule has 0 unspecified atom stereocenters. The normalized spacial score (nSPS) is 10.3. The van der Waals surface area contributed by atoms with Crippen LogP contribution in [-0.4, -0.2) is 45.4 Å². The van der Waals surface area contributed by atoms with Crippen molar-refractivity contribution in [2.45, 2.75) is 19.4 Å². The molecule has 0 saturated heterocycles. The first-order chi connectivity index (χ1) is 11.1. The third-order valence-corrected chi connectivity index (χ3v) is 3.27. The van der Waals surface area contributed by atoms with Gasteiger partial charge < -0.3 is 15.3 Å². The van der Waals surface area contributed by atoms with E-state index in [1.807, 2.05) is 36.5 Å². The summed E-state index contributed by atoms with van der Waals surface area (Å²) in [5, 5.41) is 15.5. The molecule has 0 aliphatic carbocycles. The zero-order valence-electron chi connectivity index (χ0n) is 13.0. The van der Waals surface area contributed by atoms with Gasteiger partial charge in [-0.15, -0.1) is 0 Å². The van der Waals surface area contributed by atoms with Crippen LogP contribution in [-0.2, 0) is 11.3 Å². The molecule has 0 spiro atoms. The van der Waals surface area contributed by atoms with Crippen molar-refractivity contribution in [2.24, 2.45) is 0 Å². The molecule has 1 heterocycles. The minimum atomic E-state index is -0.860. The third kappa shape index (κ3) is 5.14. The Bertz CT molecular complexity index is 654. The Morgan fingerprint density at radius 1 is 1.30 bits per heavy atom. The molecule has 1 aromatic heterocycles. The van der Waals surface area contributed by atoms with Crippen LogP contribution in [0.3, 0.4) is 0 Å². The average Bonchev–Trinajstić information content (AvgIpc) is 3.00. The lowest BCUT2D eigenvalue weighted by molar-refractivity contribution is -0.137. The summed E-state index contributed by atoms with van der Waals surface area (Å²) in [5.74, 6) is -0.860. The Morgan fingerprint density at radius 3 is 2.74 bits per heavy atom. The van der Waals surface area contributed by atoms with Crippen molar-refractivity contribution in [1.82, 2.24) is 20.0 Å². The Hall–Kier alpha value is -2.83. The number of para-hydroxylation sites is 1. The van der Waals surface area contributed by atoms with Crippen LogP contribution in [0.25, 0.3) is 5.69 Å². The van der Waals surface area contributed by atoms with Gasteiger partial charge in [-0.25, -0.2) is 9.48 Å². The summed E-state index contributed by atoms with van der Waals surface area (Å²) in [6.07, 6.45) is 4.07. The van der Waals surface area contributed by atoms with Gasteiger partial charge in [0.05, 0.1) is 18.4 Å². The van der Waals surface area contributed by atoms with Crippen LogP contribution in [0.2, 0.25) is 0 Å². The van der Waals surface area contributed by atoms with Gasteiger partial charge in [-0.05, 0) is 18.6 Å². The number of amides is 2. The number of hydrogen-bond donors (Lipinski definition) is 2. The van der Waals surface area contributed by atoms with E-state index in [1.165, 1.54) is 4.90 Å². The summed E-state index contributed by atoms with van der Waals surface area (Å²) in [7, 11) is 1.69. The molecule has 0 radical (unpaired) electrons. The molecular formula is C16H20N4O3. The number of rotatable bonds is 7. The molecule has 0 saturated carbocycles. The van der Waals surface area contributed by atoms with Gasteiger partial charge in [0, 0.05) is 31.8 Å². The molecule has 0 bridgehead atoms. The zero-order chi connectivity index (χ0) is 16.7. The minimum Gasteiger partial charge on any atom is -0.481 e. The predicted molar refractivity (Wildman–Crippen MR) is 85.3 cm³/mol. The number of aliphatic carboxylic acids is 1. The number of carboxylic acid groups (broad SMARTS) is 1.